The van der Waals surface area contributed by atoms with E-state index < -0.39 is 0 Å². The van der Waals surface area contributed by atoms with E-state index in [9.17, 15) is 9.59 Å². The van der Waals surface area contributed by atoms with Crippen molar-refractivity contribution in [1.82, 2.24) is 4.98 Å². The predicted octanol–water partition coefficient (Wildman–Crippen LogP) is 3.20. The number of hydrogen-bond acceptors (Lipinski definition) is 3. The van der Waals surface area contributed by atoms with E-state index in [-0.39, 0.29) is 11.4 Å². The van der Waals surface area contributed by atoms with Gasteiger partial charge in [-0.05, 0) is 30.3 Å². The fourth-order valence-corrected chi connectivity index (χ4v) is 1.76. The molecule has 0 atom stereocenters. The van der Waals surface area contributed by atoms with E-state index in [0.29, 0.717) is 22.6 Å². The molecule has 4 heteroatoms. The lowest BCUT2D eigenvalue weighted by molar-refractivity contribution is -0.104. The highest BCUT2D eigenvalue weighted by Crippen LogP contribution is 2.15. The van der Waals surface area contributed by atoms with Crippen LogP contribution >= 0.6 is 11.6 Å². The average Bonchev–Trinajstić information content (AvgIpc) is 2.45. The van der Waals surface area contributed by atoms with Gasteiger partial charge in [-0.25, -0.2) is 0 Å². The molecule has 0 amide bonds. The molecule has 1 aromatic heterocycles. The molecule has 2 aromatic rings. The van der Waals surface area contributed by atoms with Gasteiger partial charge in [0.2, 0.25) is 0 Å². The lowest BCUT2D eigenvalue weighted by Gasteiger charge is -2.01. The number of pyridine rings is 1. The number of aromatic nitrogens is 1. The van der Waals surface area contributed by atoms with Crippen molar-refractivity contribution in [2.45, 2.75) is 0 Å². The van der Waals surface area contributed by atoms with Gasteiger partial charge in [0.15, 0.2) is 12.1 Å². The number of nitrogens with zero attached hydrogens (tertiary/aromatic N) is 1. The summed E-state index contributed by atoms with van der Waals surface area (Å²) >= 11 is 5.82. The Kier molecular flexibility index (Phi) is 4.21. The lowest BCUT2D eigenvalue weighted by atomic mass is 10.0. The van der Waals surface area contributed by atoms with Crippen LogP contribution in [0.2, 0.25) is 5.02 Å². The first-order chi connectivity index (χ1) is 9.20. The first-order valence-corrected chi connectivity index (χ1v) is 5.96. The van der Waals surface area contributed by atoms with Gasteiger partial charge in [-0.1, -0.05) is 29.8 Å². The molecule has 19 heavy (non-hydrogen) atoms. The summed E-state index contributed by atoms with van der Waals surface area (Å²) in [6.45, 7) is 0. The van der Waals surface area contributed by atoms with Gasteiger partial charge in [0.1, 0.15) is 0 Å². The number of hydrogen-bond donors (Lipinski definition) is 0. The van der Waals surface area contributed by atoms with Gasteiger partial charge in [0.05, 0.1) is 11.3 Å². The standard InChI is InChI=1S/C15H10ClNO2/c16-13-5-3-4-11(8-13)15(19)12(10-18)9-14-6-1-2-7-17-14/h1-10H/b12-9+. The van der Waals surface area contributed by atoms with E-state index in [4.69, 9.17) is 11.6 Å². The van der Waals surface area contributed by atoms with Crippen LogP contribution in [-0.2, 0) is 4.79 Å². The van der Waals surface area contributed by atoms with Crippen LogP contribution in [0.5, 0.6) is 0 Å². The summed E-state index contributed by atoms with van der Waals surface area (Å²) in [7, 11) is 0. The Bertz CT molecular complexity index is 636. The number of halogens is 1. The molecule has 0 unspecified atom stereocenters. The van der Waals surface area contributed by atoms with E-state index in [1.807, 2.05) is 0 Å². The summed E-state index contributed by atoms with van der Waals surface area (Å²) in [6, 6.07) is 11.7. The van der Waals surface area contributed by atoms with Crippen molar-refractivity contribution in [2.75, 3.05) is 0 Å². The summed E-state index contributed by atoms with van der Waals surface area (Å²) in [6.07, 6.45) is 3.58. The predicted molar refractivity (Wildman–Crippen MR) is 74.1 cm³/mol. The van der Waals surface area contributed by atoms with Crippen LogP contribution in [0.1, 0.15) is 16.1 Å². The number of aldehydes is 1. The van der Waals surface area contributed by atoms with E-state index in [1.54, 1.807) is 42.6 Å². The molecule has 94 valence electrons. The fourth-order valence-electron chi connectivity index (χ4n) is 1.57. The maximum absolute atomic E-state index is 12.1. The first-order valence-electron chi connectivity index (χ1n) is 5.59. The molecule has 0 bridgehead atoms. The zero-order valence-corrected chi connectivity index (χ0v) is 10.7. The highest BCUT2D eigenvalue weighted by molar-refractivity contribution is 6.31. The van der Waals surface area contributed by atoms with Gasteiger partial charge in [-0.3, -0.25) is 14.6 Å². The van der Waals surface area contributed by atoms with E-state index >= 15 is 0 Å². The molecule has 0 fully saturated rings. The number of allylic oxidation sites excluding steroid dienone is 1. The van der Waals surface area contributed by atoms with E-state index in [2.05, 4.69) is 4.98 Å². The van der Waals surface area contributed by atoms with Crippen LogP contribution < -0.4 is 0 Å². The Hall–Kier alpha value is -2.26. The molecule has 1 aromatic carbocycles. The second-order valence-corrected chi connectivity index (χ2v) is 4.25. The summed E-state index contributed by atoms with van der Waals surface area (Å²) in [5, 5.41) is 0.453. The SMILES string of the molecule is O=C/C(=C\c1ccccn1)C(=O)c1cccc(Cl)c1. The molecule has 0 spiro atoms. The number of carbonyl (C=O) groups is 2. The summed E-state index contributed by atoms with van der Waals surface area (Å²) in [5.74, 6) is -0.372. The third-order valence-corrected chi connectivity index (χ3v) is 2.70. The molecular weight excluding hydrogens is 262 g/mol. The Morgan fingerprint density at radius 3 is 2.63 bits per heavy atom. The first kappa shape index (κ1) is 13.2. The number of benzene rings is 1. The summed E-state index contributed by atoms with van der Waals surface area (Å²) in [5.41, 5.74) is 0.975. The molecule has 0 aliphatic carbocycles. The van der Waals surface area contributed by atoms with Gasteiger partial charge in [-0.2, -0.15) is 0 Å². The van der Waals surface area contributed by atoms with Crippen LogP contribution in [0.3, 0.4) is 0 Å². The fraction of sp³-hybridized carbons (Fsp3) is 0. The monoisotopic (exact) mass is 271 g/mol. The van der Waals surface area contributed by atoms with Crippen molar-refractivity contribution in [3.05, 3.63) is 70.5 Å². The summed E-state index contributed by atoms with van der Waals surface area (Å²) < 4.78 is 0. The minimum atomic E-state index is -0.372. The number of ketones is 1. The van der Waals surface area contributed by atoms with Crippen molar-refractivity contribution >= 4 is 29.7 Å². The largest absolute Gasteiger partial charge is 0.298 e. The van der Waals surface area contributed by atoms with Gasteiger partial charge < -0.3 is 0 Å². The third kappa shape index (κ3) is 3.36. The highest BCUT2D eigenvalue weighted by atomic mass is 35.5. The minimum Gasteiger partial charge on any atom is -0.298 e. The molecule has 2 rings (SSSR count). The van der Waals surface area contributed by atoms with Crippen LogP contribution in [0, 0.1) is 0 Å². The molecule has 0 saturated carbocycles. The Balaban J connectivity index is 2.35. The average molecular weight is 272 g/mol. The molecule has 0 saturated heterocycles. The molecule has 0 radical (unpaired) electrons. The zero-order valence-electron chi connectivity index (χ0n) is 9.92. The maximum atomic E-state index is 12.1. The second-order valence-electron chi connectivity index (χ2n) is 3.81. The number of carbonyl (C=O) groups excluding carboxylic acids is 2. The normalized spacial score (nSPS) is 11.1. The number of rotatable bonds is 4. The Labute approximate surface area is 115 Å². The van der Waals surface area contributed by atoms with E-state index in [1.165, 1.54) is 12.1 Å². The summed E-state index contributed by atoms with van der Waals surface area (Å²) in [4.78, 5) is 27.3. The zero-order chi connectivity index (χ0) is 13.7. The Morgan fingerprint density at radius 1 is 1.16 bits per heavy atom. The third-order valence-electron chi connectivity index (χ3n) is 2.47. The van der Waals surface area contributed by atoms with Crippen molar-refractivity contribution in [3.63, 3.8) is 0 Å². The van der Waals surface area contributed by atoms with Crippen molar-refractivity contribution < 1.29 is 9.59 Å². The van der Waals surface area contributed by atoms with Crippen LogP contribution in [-0.4, -0.2) is 17.1 Å². The molecule has 0 N–H and O–H groups in total. The van der Waals surface area contributed by atoms with Crippen LogP contribution in [0.4, 0.5) is 0 Å². The molecule has 1 heterocycles. The van der Waals surface area contributed by atoms with E-state index in [0.717, 1.165) is 0 Å². The highest BCUT2D eigenvalue weighted by Gasteiger charge is 2.12. The smallest absolute Gasteiger partial charge is 0.196 e. The van der Waals surface area contributed by atoms with Crippen molar-refractivity contribution in [3.8, 4) is 0 Å². The van der Waals surface area contributed by atoms with Crippen LogP contribution in [0.15, 0.2) is 54.2 Å². The minimum absolute atomic E-state index is 0.0426. The number of Topliss-reactive ketones (excluding diaryl/α,β-unsaturated/α-hetero) is 1. The molecular formula is C15H10ClNO2. The molecule has 0 aliphatic rings. The Morgan fingerprint density at radius 2 is 2.00 bits per heavy atom. The van der Waals surface area contributed by atoms with Gasteiger partial charge in [-0.15, -0.1) is 0 Å². The molecule has 0 aliphatic heterocycles. The second kappa shape index (κ2) is 6.07. The van der Waals surface area contributed by atoms with Gasteiger partial charge in [0, 0.05) is 16.8 Å². The van der Waals surface area contributed by atoms with Crippen molar-refractivity contribution in [1.29, 1.82) is 0 Å². The lowest BCUT2D eigenvalue weighted by Crippen LogP contribution is -2.04. The maximum Gasteiger partial charge on any atom is 0.196 e. The molecule has 3 nitrogen and oxygen atoms in total. The van der Waals surface area contributed by atoms with Crippen LogP contribution in [0.25, 0.3) is 6.08 Å². The van der Waals surface area contributed by atoms with Gasteiger partial charge >= 0.3 is 0 Å². The van der Waals surface area contributed by atoms with Gasteiger partial charge in [0.25, 0.3) is 0 Å². The topological polar surface area (TPSA) is 47.0 Å². The van der Waals surface area contributed by atoms with Crippen molar-refractivity contribution in [2.24, 2.45) is 0 Å². The quantitative estimate of drug-likeness (QED) is 0.282.